The van der Waals surface area contributed by atoms with Crippen molar-refractivity contribution in [2.45, 2.75) is 6.10 Å². The third-order valence-electron chi connectivity index (χ3n) is 4.04. The van der Waals surface area contributed by atoms with Crippen molar-refractivity contribution in [1.29, 1.82) is 0 Å². The van der Waals surface area contributed by atoms with Gasteiger partial charge < -0.3 is 20.1 Å². The van der Waals surface area contributed by atoms with Crippen LogP contribution in [0.2, 0.25) is 10.0 Å². The first-order valence-corrected chi connectivity index (χ1v) is 8.73. The van der Waals surface area contributed by atoms with Crippen LogP contribution in [0.4, 0.5) is 16.3 Å². The predicted octanol–water partition coefficient (Wildman–Crippen LogP) is 3.82. The Morgan fingerprint density at radius 2 is 2.00 bits per heavy atom. The molecule has 0 saturated carbocycles. The topological polar surface area (TPSA) is 100 Å². The molecule has 1 amide bonds. The maximum atomic E-state index is 10.8. The Hall–Kier alpha value is -2.84. The highest BCUT2D eigenvalue weighted by Crippen LogP contribution is 2.29. The van der Waals surface area contributed by atoms with Gasteiger partial charge in [0.05, 0.1) is 28.7 Å². The van der Waals surface area contributed by atoms with Crippen molar-refractivity contribution >= 4 is 51.8 Å². The van der Waals surface area contributed by atoms with Gasteiger partial charge in [-0.2, -0.15) is 0 Å². The monoisotopic (exact) mass is 405 g/mol. The molecule has 1 aromatic carbocycles. The SMILES string of the molecule is O=C(O)N1CC(Oc2ccc3ncnc(Nc4ccc(Cl)c(Cl)c4)c3n2)C1. The summed E-state index contributed by atoms with van der Waals surface area (Å²) in [5.41, 5.74) is 1.87. The first-order valence-electron chi connectivity index (χ1n) is 7.98. The standard InChI is InChI=1S/C17H13Cl2N5O3/c18-11-2-1-9(5-12(11)19)22-16-15-13(20-8-21-16)3-4-14(23-15)27-10-6-24(7-10)17(25)26/h1-5,8,10H,6-7H2,(H,25,26)(H,20,21,22). The van der Waals surface area contributed by atoms with Crippen molar-refractivity contribution in [3.05, 3.63) is 46.7 Å². The number of nitrogens with one attached hydrogen (secondary N) is 1. The fraction of sp³-hybridized carbons (Fsp3) is 0.176. The van der Waals surface area contributed by atoms with Gasteiger partial charge in [-0.1, -0.05) is 23.2 Å². The zero-order valence-electron chi connectivity index (χ0n) is 13.8. The highest BCUT2D eigenvalue weighted by atomic mass is 35.5. The van der Waals surface area contributed by atoms with Gasteiger partial charge in [-0.05, 0) is 24.3 Å². The van der Waals surface area contributed by atoms with Crippen LogP contribution < -0.4 is 10.1 Å². The molecule has 1 aliphatic heterocycles. The molecule has 0 aliphatic carbocycles. The number of halogens is 2. The molecule has 1 fully saturated rings. The molecule has 3 aromatic rings. The number of carboxylic acid groups (broad SMARTS) is 1. The zero-order chi connectivity index (χ0) is 19.0. The smallest absolute Gasteiger partial charge is 0.407 e. The van der Waals surface area contributed by atoms with E-state index in [4.69, 9.17) is 33.0 Å². The summed E-state index contributed by atoms with van der Waals surface area (Å²) in [6.45, 7) is 0.628. The quantitative estimate of drug-likeness (QED) is 0.680. The van der Waals surface area contributed by atoms with Gasteiger partial charge in [0, 0.05) is 11.8 Å². The number of benzene rings is 1. The second kappa shape index (κ2) is 7.05. The molecule has 1 saturated heterocycles. The number of amides is 1. The van der Waals surface area contributed by atoms with Gasteiger partial charge in [0.15, 0.2) is 5.82 Å². The van der Waals surface area contributed by atoms with Gasteiger partial charge in [0.1, 0.15) is 17.9 Å². The molecule has 0 radical (unpaired) electrons. The van der Waals surface area contributed by atoms with Gasteiger partial charge in [-0.3, -0.25) is 0 Å². The first-order chi connectivity index (χ1) is 13.0. The van der Waals surface area contributed by atoms with E-state index in [-0.39, 0.29) is 6.10 Å². The summed E-state index contributed by atoms with van der Waals surface area (Å²) in [6.07, 6.45) is 0.256. The summed E-state index contributed by atoms with van der Waals surface area (Å²) < 4.78 is 5.74. The lowest BCUT2D eigenvalue weighted by Gasteiger charge is -2.36. The van der Waals surface area contributed by atoms with E-state index >= 15 is 0 Å². The molecule has 3 heterocycles. The largest absolute Gasteiger partial charge is 0.471 e. The minimum Gasteiger partial charge on any atom is -0.471 e. The first kappa shape index (κ1) is 17.6. The molecule has 1 aliphatic rings. The fourth-order valence-electron chi connectivity index (χ4n) is 2.63. The van der Waals surface area contributed by atoms with Crippen LogP contribution in [0.3, 0.4) is 0 Å². The second-order valence-corrected chi connectivity index (χ2v) is 6.74. The summed E-state index contributed by atoms with van der Waals surface area (Å²) >= 11 is 12.0. The van der Waals surface area contributed by atoms with E-state index in [0.29, 0.717) is 51.6 Å². The molecule has 0 bridgehead atoms. The number of rotatable bonds is 4. The average molecular weight is 406 g/mol. The van der Waals surface area contributed by atoms with Crippen molar-refractivity contribution in [3.8, 4) is 5.88 Å². The molecule has 0 unspecified atom stereocenters. The lowest BCUT2D eigenvalue weighted by atomic mass is 10.2. The van der Waals surface area contributed by atoms with E-state index in [2.05, 4.69) is 20.3 Å². The highest BCUT2D eigenvalue weighted by Gasteiger charge is 2.32. The maximum absolute atomic E-state index is 10.8. The third kappa shape index (κ3) is 3.67. The van der Waals surface area contributed by atoms with Crippen molar-refractivity contribution in [3.63, 3.8) is 0 Å². The van der Waals surface area contributed by atoms with Crippen LogP contribution in [0.5, 0.6) is 5.88 Å². The minimum atomic E-state index is -0.956. The number of anilines is 2. The van der Waals surface area contributed by atoms with E-state index in [1.54, 1.807) is 30.3 Å². The average Bonchev–Trinajstić information content (AvgIpc) is 2.61. The zero-order valence-corrected chi connectivity index (χ0v) is 15.3. The maximum Gasteiger partial charge on any atom is 0.407 e. The molecule has 8 nitrogen and oxygen atoms in total. The van der Waals surface area contributed by atoms with Gasteiger partial charge in [0.2, 0.25) is 5.88 Å². The summed E-state index contributed by atoms with van der Waals surface area (Å²) in [7, 11) is 0. The van der Waals surface area contributed by atoms with Crippen LogP contribution in [0, 0.1) is 0 Å². The van der Waals surface area contributed by atoms with Crippen LogP contribution in [-0.4, -0.2) is 50.2 Å². The normalized spacial score (nSPS) is 14.1. The summed E-state index contributed by atoms with van der Waals surface area (Å²) in [5, 5.41) is 12.9. The van der Waals surface area contributed by atoms with Crippen LogP contribution in [0.15, 0.2) is 36.7 Å². The lowest BCUT2D eigenvalue weighted by Crippen LogP contribution is -2.55. The number of pyridine rings is 1. The Bertz CT molecular complexity index is 1030. The third-order valence-corrected chi connectivity index (χ3v) is 4.78. The summed E-state index contributed by atoms with van der Waals surface area (Å²) in [5.74, 6) is 0.870. The van der Waals surface area contributed by atoms with Crippen LogP contribution in [0.1, 0.15) is 0 Å². The summed E-state index contributed by atoms with van der Waals surface area (Å²) in [4.78, 5) is 25.0. The number of aromatic nitrogens is 3. The van der Waals surface area contributed by atoms with E-state index in [1.165, 1.54) is 11.2 Å². The number of ether oxygens (including phenoxy) is 1. The number of nitrogens with zero attached hydrogens (tertiary/aromatic N) is 4. The molecular formula is C17H13Cl2N5O3. The molecule has 2 aromatic heterocycles. The highest BCUT2D eigenvalue weighted by molar-refractivity contribution is 6.42. The van der Waals surface area contributed by atoms with E-state index in [0.717, 1.165) is 0 Å². The molecule has 27 heavy (non-hydrogen) atoms. The van der Waals surface area contributed by atoms with Gasteiger partial charge >= 0.3 is 6.09 Å². The molecule has 10 heteroatoms. The molecule has 0 atom stereocenters. The van der Waals surface area contributed by atoms with E-state index < -0.39 is 6.09 Å². The van der Waals surface area contributed by atoms with Crippen LogP contribution >= 0.6 is 23.2 Å². The Balaban J connectivity index is 1.57. The number of fused-ring (bicyclic) bond motifs is 1. The Morgan fingerprint density at radius 3 is 2.74 bits per heavy atom. The van der Waals surface area contributed by atoms with Crippen molar-refractivity contribution in [1.82, 2.24) is 19.9 Å². The summed E-state index contributed by atoms with van der Waals surface area (Å²) in [6, 6.07) is 8.61. The minimum absolute atomic E-state index is 0.220. The van der Waals surface area contributed by atoms with Gasteiger partial charge in [-0.15, -0.1) is 0 Å². The Morgan fingerprint density at radius 1 is 1.19 bits per heavy atom. The van der Waals surface area contributed by atoms with Gasteiger partial charge in [-0.25, -0.2) is 19.7 Å². The number of likely N-dealkylation sites (tertiary alicyclic amines) is 1. The lowest BCUT2D eigenvalue weighted by molar-refractivity contribution is 0.0229. The predicted molar refractivity (Wildman–Crippen MR) is 101 cm³/mol. The van der Waals surface area contributed by atoms with Crippen LogP contribution in [0.25, 0.3) is 11.0 Å². The Kier molecular flexibility index (Phi) is 4.59. The van der Waals surface area contributed by atoms with Gasteiger partial charge in [0.25, 0.3) is 0 Å². The molecule has 0 spiro atoms. The number of carbonyl (C=O) groups is 1. The van der Waals surface area contributed by atoms with E-state index in [9.17, 15) is 4.79 Å². The molecular weight excluding hydrogens is 393 g/mol. The Labute approximate surface area is 163 Å². The number of hydrogen-bond acceptors (Lipinski definition) is 6. The van der Waals surface area contributed by atoms with Crippen LogP contribution in [-0.2, 0) is 0 Å². The van der Waals surface area contributed by atoms with E-state index in [1.807, 2.05) is 0 Å². The number of hydrogen-bond donors (Lipinski definition) is 2. The fourth-order valence-corrected chi connectivity index (χ4v) is 2.93. The van der Waals surface area contributed by atoms with Crippen molar-refractivity contribution in [2.75, 3.05) is 18.4 Å². The van der Waals surface area contributed by atoms with Crippen molar-refractivity contribution < 1.29 is 14.6 Å². The molecule has 2 N–H and O–H groups in total. The van der Waals surface area contributed by atoms with Crippen molar-refractivity contribution in [2.24, 2.45) is 0 Å². The second-order valence-electron chi connectivity index (χ2n) is 5.92. The molecule has 138 valence electrons. The molecule has 4 rings (SSSR count).